The summed E-state index contributed by atoms with van der Waals surface area (Å²) in [4.78, 5) is 35.4. The van der Waals surface area contributed by atoms with Crippen molar-refractivity contribution in [2.45, 2.75) is 24.8 Å². The molecule has 2 aliphatic rings. The number of hydrogen-bond acceptors (Lipinski definition) is 3. The number of nitrogens with one attached hydrogen (secondary N) is 2. The zero-order chi connectivity index (χ0) is 17.8. The van der Waals surface area contributed by atoms with E-state index in [-0.39, 0.29) is 5.92 Å². The molecule has 2 aromatic rings. The molecule has 1 aliphatic heterocycles. The van der Waals surface area contributed by atoms with Gasteiger partial charge >= 0.3 is 12.0 Å². The molecule has 0 bridgehead atoms. The molecule has 3 N–H and O–H groups in total. The summed E-state index contributed by atoms with van der Waals surface area (Å²) in [7, 11) is 1.97. The predicted molar refractivity (Wildman–Crippen MR) is 89.9 cm³/mol. The smallest absolute Gasteiger partial charge is 0.322 e. The number of nitrogens with zero attached hydrogens (tertiary/aromatic N) is 1. The number of para-hydroxylation sites is 1. The first-order valence-electron chi connectivity index (χ1n) is 8.32. The van der Waals surface area contributed by atoms with Gasteiger partial charge in [0.2, 0.25) is 0 Å². The second-order valence-electron chi connectivity index (χ2n) is 6.95. The van der Waals surface area contributed by atoms with Crippen LogP contribution < -0.4 is 10.6 Å². The van der Waals surface area contributed by atoms with Crippen molar-refractivity contribution in [3.8, 4) is 0 Å². The molecule has 3 atom stereocenters. The molecule has 1 unspecified atom stereocenters. The molecule has 7 nitrogen and oxygen atoms in total. The summed E-state index contributed by atoms with van der Waals surface area (Å²) in [6, 6.07) is 7.45. The summed E-state index contributed by atoms with van der Waals surface area (Å²) < 4.78 is 2.03. The number of aromatic nitrogens is 1. The molecular formula is C18H19N3O4. The van der Waals surface area contributed by atoms with Crippen LogP contribution in [0, 0.1) is 11.8 Å². The monoisotopic (exact) mass is 341 g/mol. The largest absolute Gasteiger partial charge is 0.481 e. The zero-order valence-electron chi connectivity index (χ0n) is 13.8. The fourth-order valence-electron chi connectivity index (χ4n) is 4.10. The third-order valence-corrected chi connectivity index (χ3v) is 5.48. The van der Waals surface area contributed by atoms with Gasteiger partial charge in [0.25, 0.3) is 5.91 Å². The maximum Gasteiger partial charge on any atom is 0.322 e. The number of amides is 3. The molecule has 3 amide bonds. The lowest BCUT2D eigenvalue weighted by Crippen LogP contribution is -2.50. The van der Waals surface area contributed by atoms with Gasteiger partial charge in [-0.1, -0.05) is 18.2 Å². The Labute approximate surface area is 144 Å². The van der Waals surface area contributed by atoms with Gasteiger partial charge in [-0.2, -0.15) is 0 Å². The maximum absolute atomic E-state index is 12.5. The molecule has 25 heavy (non-hydrogen) atoms. The van der Waals surface area contributed by atoms with Crippen molar-refractivity contribution in [1.82, 2.24) is 15.2 Å². The van der Waals surface area contributed by atoms with Crippen molar-refractivity contribution in [1.29, 1.82) is 0 Å². The normalized spacial score (nSPS) is 28.0. The molecule has 1 aromatic carbocycles. The SMILES string of the molecule is Cn1cc(CCC2([C@H]3C[C@@H]3C(=O)O)NC(=O)NC2=O)c2ccccc21. The quantitative estimate of drug-likeness (QED) is 0.716. The van der Waals surface area contributed by atoms with E-state index in [0.29, 0.717) is 19.3 Å². The Kier molecular flexibility index (Phi) is 3.35. The molecule has 7 heteroatoms. The Hall–Kier alpha value is -2.83. The number of aryl methyl sites for hydroxylation is 2. The molecule has 130 valence electrons. The summed E-state index contributed by atoms with van der Waals surface area (Å²) >= 11 is 0. The highest BCUT2D eigenvalue weighted by Crippen LogP contribution is 2.49. The van der Waals surface area contributed by atoms with E-state index in [2.05, 4.69) is 10.6 Å². The number of imide groups is 1. The van der Waals surface area contributed by atoms with E-state index in [0.717, 1.165) is 16.5 Å². The van der Waals surface area contributed by atoms with Crippen LogP contribution in [0.2, 0.25) is 0 Å². The Balaban J connectivity index is 1.63. The number of carboxylic acids is 1. The van der Waals surface area contributed by atoms with Crippen LogP contribution >= 0.6 is 0 Å². The van der Waals surface area contributed by atoms with Gasteiger partial charge in [0, 0.05) is 30.1 Å². The first-order chi connectivity index (χ1) is 11.9. The zero-order valence-corrected chi connectivity index (χ0v) is 13.8. The van der Waals surface area contributed by atoms with Crippen LogP contribution in [0.3, 0.4) is 0 Å². The summed E-state index contributed by atoms with van der Waals surface area (Å²) in [5.41, 5.74) is 1.05. The predicted octanol–water partition coefficient (Wildman–Crippen LogP) is 1.41. The Morgan fingerprint density at radius 1 is 1.36 bits per heavy atom. The average Bonchev–Trinajstić information content (AvgIpc) is 3.25. The van der Waals surface area contributed by atoms with E-state index >= 15 is 0 Å². The van der Waals surface area contributed by atoms with Crippen LogP contribution in [0.15, 0.2) is 30.5 Å². The second-order valence-corrected chi connectivity index (χ2v) is 6.95. The maximum atomic E-state index is 12.5. The van der Waals surface area contributed by atoms with E-state index in [4.69, 9.17) is 0 Å². The van der Waals surface area contributed by atoms with Crippen LogP contribution in [0.5, 0.6) is 0 Å². The summed E-state index contributed by atoms with van der Waals surface area (Å²) in [6.07, 6.45) is 3.40. The summed E-state index contributed by atoms with van der Waals surface area (Å²) in [6.45, 7) is 0. The van der Waals surface area contributed by atoms with E-state index in [9.17, 15) is 19.5 Å². The Morgan fingerprint density at radius 2 is 2.12 bits per heavy atom. The molecule has 0 radical (unpaired) electrons. The lowest BCUT2D eigenvalue weighted by atomic mass is 9.85. The number of carbonyl (C=O) groups excluding carboxylic acids is 2. The van der Waals surface area contributed by atoms with E-state index in [1.807, 2.05) is 42.1 Å². The lowest BCUT2D eigenvalue weighted by molar-refractivity contribution is -0.139. The molecule has 0 spiro atoms. The summed E-state index contributed by atoms with van der Waals surface area (Å²) in [5.74, 6) is -2.25. The summed E-state index contributed by atoms with van der Waals surface area (Å²) in [5, 5.41) is 15.3. The van der Waals surface area contributed by atoms with E-state index < -0.39 is 29.4 Å². The van der Waals surface area contributed by atoms with Crippen molar-refractivity contribution in [2.75, 3.05) is 0 Å². The molecule has 1 aliphatic carbocycles. The molecule has 1 aromatic heterocycles. The van der Waals surface area contributed by atoms with Gasteiger partial charge in [-0.25, -0.2) is 4.79 Å². The Bertz CT molecular complexity index is 903. The minimum atomic E-state index is -1.13. The van der Waals surface area contributed by atoms with Crippen LogP contribution in [0.4, 0.5) is 4.79 Å². The standard InChI is InChI=1S/C18H19N3O4/c1-21-9-10(11-4-2-3-5-14(11)21)6-7-18(13-8-12(13)15(22)23)16(24)19-17(25)20-18/h2-5,9,12-13H,6-8H2,1H3,(H,22,23)(H2,19,20,24,25)/t12-,13-,18?/m0/s1. The van der Waals surface area contributed by atoms with Gasteiger partial charge in [0.05, 0.1) is 5.92 Å². The van der Waals surface area contributed by atoms with Crippen LogP contribution in [0.1, 0.15) is 18.4 Å². The number of fused-ring (bicyclic) bond motifs is 1. The Morgan fingerprint density at radius 3 is 2.76 bits per heavy atom. The number of aliphatic carboxylic acids is 1. The fourth-order valence-corrected chi connectivity index (χ4v) is 4.10. The van der Waals surface area contributed by atoms with Crippen molar-refractivity contribution in [2.24, 2.45) is 18.9 Å². The number of carboxylic acid groups (broad SMARTS) is 1. The average molecular weight is 341 g/mol. The van der Waals surface area contributed by atoms with Gasteiger partial charge in [-0.05, 0) is 30.9 Å². The number of urea groups is 1. The third-order valence-electron chi connectivity index (χ3n) is 5.48. The van der Waals surface area contributed by atoms with E-state index in [1.54, 1.807) is 0 Å². The molecule has 2 fully saturated rings. The number of carbonyl (C=O) groups is 3. The minimum absolute atomic E-state index is 0.355. The topological polar surface area (TPSA) is 100 Å². The van der Waals surface area contributed by atoms with Gasteiger partial charge in [0.15, 0.2) is 0 Å². The lowest BCUT2D eigenvalue weighted by Gasteiger charge is -2.26. The number of hydrogen-bond donors (Lipinski definition) is 3. The number of benzene rings is 1. The third kappa shape index (κ3) is 2.38. The van der Waals surface area contributed by atoms with Crippen molar-refractivity contribution in [3.05, 3.63) is 36.0 Å². The molecule has 4 rings (SSSR count). The highest BCUT2D eigenvalue weighted by Gasteiger charge is 2.62. The van der Waals surface area contributed by atoms with Gasteiger partial charge in [-0.15, -0.1) is 0 Å². The molecule has 2 heterocycles. The second kappa shape index (κ2) is 5.34. The highest BCUT2D eigenvalue weighted by atomic mass is 16.4. The molecule has 1 saturated carbocycles. The first kappa shape index (κ1) is 15.7. The van der Waals surface area contributed by atoms with Crippen LogP contribution in [0.25, 0.3) is 10.9 Å². The van der Waals surface area contributed by atoms with Crippen LogP contribution in [-0.2, 0) is 23.1 Å². The fraction of sp³-hybridized carbons (Fsp3) is 0.389. The molecular weight excluding hydrogens is 322 g/mol. The van der Waals surface area contributed by atoms with Gasteiger partial charge < -0.3 is 15.0 Å². The highest BCUT2D eigenvalue weighted by molar-refractivity contribution is 6.08. The van der Waals surface area contributed by atoms with Crippen molar-refractivity contribution in [3.63, 3.8) is 0 Å². The molecule has 1 saturated heterocycles. The van der Waals surface area contributed by atoms with Gasteiger partial charge in [0.1, 0.15) is 5.54 Å². The first-order valence-corrected chi connectivity index (χ1v) is 8.32. The minimum Gasteiger partial charge on any atom is -0.481 e. The van der Waals surface area contributed by atoms with Crippen molar-refractivity contribution >= 4 is 28.8 Å². The van der Waals surface area contributed by atoms with Crippen LogP contribution in [-0.4, -0.2) is 33.1 Å². The van der Waals surface area contributed by atoms with Crippen molar-refractivity contribution < 1.29 is 19.5 Å². The van der Waals surface area contributed by atoms with E-state index in [1.165, 1.54) is 0 Å². The van der Waals surface area contributed by atoms with Gasteiger partial charge in [-0.3, -0.25) is 14.9 Å². The number of rotatable bonds is 5.